The topological polar surface area (TPSA) is 66.4 Å². The van der Waals surface area contributed by atoms with Crippen LogP contribution in [0.4, 0.5) is 4.39 Å². The molecule has 1 atom stereocenters. The Labute approximate surface area is 131 Å². The SMILES string of the molecule is CCC(CCNC(=O)c1ccc(F)c(Br)c1)CCC(=O)O. The van der Waals surface area contributed by atoms with E-state index in [2.05, 4.69) is 21.2 Å². The zero-order valence-corrected chi connectivity index (χ0v) is 13.5. The minimum Gasteiger partial charge on any atom is -0.481 e. The second-order valence-electron chi connectivity index (χ2n) is 4.88. The van der Waals surface area contributed by atoms with Gasteiger partial charge in [0.2, 0.25) is 0 Å². The predicted octanol–water partition coefficient (Wildman–Crippen LogP) is 3.60. The third-order valence-electron chi connectivity index (χ3n) is 3.36. The van der Waals surface area contributed by atoms with Crippen LogP contribution in [0.25, 0.3) is 0 Å². The van der Waals surface area contributed by atoms with Gasteiger partial charge in [0.05, 0.1) is 4.47 Å². The van der Waals surface area contributed by atoms with Crippen LogP contribution in [0.15, 0.2) is 22.7 Å². The molecule has 0 aromatic heterocycles. The van der Waals surface area contributed by atoms with E-state index in [0.717, 1.165) is 12.8 Å². The molecule has 1 unspecified atom stereocenters. The molecule has 0 radical (unpaired) electrons. The maximum Gasteiger partial charge on any atom is 0.303 e. The third kappa shape index (κ3) is 6.25. The van der Waals surface area contributed by atoms with Gasteiger partial charge >= 0.3 is 5.97 Å². The second kappa shape index (κ2) is 8.77. The number of benzene rings is 1. The number of rotatable bonds is 8. The molecule has 0 bridgehead atoms. The molecule has 1 aromatic rings. The van der Waals surface area contributed by atoms with Crippen molar-refractivity contribution in [2.24, 2.45) is 5.92 Å². The Kier molecular flexibility index (Phi) is 7.36. The highest BCUT2D eigenvalue weighted by molar-refractivity contribution is 9.10. The van der Waals surface area contributed by atoms with Gasteiger partial charge in [-0.2, -0.15) is 0 Å². The van der Waals surface area contributed by atoms with Crippen molar-refractivity contribution in [2.45, 2.75) is 32.6 Å². The van der Waals surface area contributed by atoms with Crippen molar-refractivity contribution in [3.8, 4) is 0 Å². The first-order valence-electron chi connectivity index (χ1n) is 6.89. The number of aliphatic carboxylic acids is 1. The maximum atomic E-state index is 13.1. The minimum absolute atomic E-state index is 0.150. The highest BCUT2D eigenvalue weighted by atomic mass is 79.9. The molecule has 1 aromatic carbocycles. The van der Waals surface area contributed by atoms with Crippen molar-refractivity contribution in [3.05, 3.63) is 34.1 Å². The van der Waals surface area contributed by atoms with Crippen LogP contribution >= 0.6 is 15.9 Å². The van der Waals surface area contributed by atoms with Gasteiger partial charge in [-0.05, 0) is 52.9 Å². The van der Waals surface area contributed by atoms with E-state index in [1.807, 2.05) is 6.92 Å². The monoisotopic (exact) mass is 359 g/mol. The molecular formula is C15H19BrFNO3. The lowest BCUT2D eigenvalue weighted by Crippen LogP contribution is -2.26. The molecule has 1 amide bonds. The zero-order chi connectivity index (χ0) is 15.8. The van der Waals surface area contributed by atoms with Gasteiger partial charge in [0.15, 0.2) is 0 Å². The van der Waals surface area contributed by atoms with Gasteiger partial charge in [-0.25, -0.2) is 4.39 Å². The minimum atomic E-state index is -0.798. The lowest BCUT2D eigenvalue weighted by Gasteiger charge is -2.14. The second-order valence-corrected chi connectivity index (χ2v) is 5.73. The summed E-state index contributed by atoms with van der Waals surface area (Å²) in [5, 5.41) is 11.4. The first-order valence-corrected chi connectivity index (χ1v) is 7.68. The molecule has 0 heterocycles. The molecule has 116 valence electrons. The maximum absolute atomic E-state index is 13.1. The van der Waals surface area contributed by atoms with Crippen LogP contribution in [0.3, 0.4) is 0 Å². The van der Waals surface area contributed by atoms with Crippen molar-refractivity contribution < 1.29 is 19.1 Å². The van der Waals surface area contributed by atoms with E-state index >= 15 is 0 Å². The van der Waals surface area contributed by atoms with E-state index in [1.54, 1.807) is 0 Å². The first kappa shape index (κ1) is 17.6. The van der Waals surface area contributed by atoms with Gasteiger partial charge in [0.25, 0.3) is 5.91 Å². The molecule has 4 nitrogen and oxygen atoms in total. The van der Waals surface area contributed by atoms with Crippen LogP contribution in [-0.4, -0.2) is 23.5 Å². The molecule has 0 aliphatic rings. The average molecular weight is 360 g/mol. The molecule has 0 saturated carbocycles. The average Bonchev–Trinajstić information content (AvgIpc) is 2.45. The van der Waals surface area contributed by atoms with Crippen LogP contribution in [0.5, 0.6) is 0 Å². The fraction of sp³-hybridized carbons (Fsp3) is 0.467. The Bertz CT molecular complexity index is 508. The Morgan fingerprint density at radius 3 is 2.67 bits per heavy atom. The first-order chi connectivity index (χ1) is 9.93. The lowest BCUT2D eigenvalue weighted by atomic mass is 9.96. The summed E-state index contributed by atoms with van der Waals surface area (Å²) in [5.41, 5.74) is 0.391. The van der Waals surface area contributed by atoms with Crippen molar-refractivity contribution in [2.75, 3.05) is 6.54 Å². The molecule has 0 aliphatic heterocycles. The highest BCUT2D eigenvalue weighted by Gasteiger charge is 2.11. The van der Waals surface area contributed by atoms with Gasteiger partial charge in [-0.1, -0.05) is 13.3 Å². The largest absolute Gasteiger partial charge is 0.481 e. The van der Waals surface area contributed by atoms with Gasteiger partial charge in [-0.15, -0.1) is 0 Å². The van der Waals surface area contributed by atoms with Crippen molar-refractivity contribution in [1.29, 1.82) is 0 Å². The Hall–Kier alpha value is -1.43. The van der Waals surface area contributed by atoms with Crippen LogP contribution in [0.2, 0.25) is 0 Å². The van der Waals surface area contributed by atoms with Crippen LogP contribution in [0, 0.1) is 11.7 Å². The number of amides is 1. The normalized spacial score (nSPS) is 12.0. The molecular weight excluding hydrogens is 341 g/mol. The number of hydrogen-bond donors (Lipinski definition) is 2. The summed E-state index contributed by atoms with van der Waals surface area (Å²) in [6, 6.07) is 4.10. The molecule has 1 rings (SSSR count). The number of carbonyl (C=O) groups is 2. The van der Waals surface area contributed by atoms with Crippen LogP contribution in [0.1, 0.15) is 43.0 Å². The van der Waals surface area contributed by atoms with Gasteiger partial charge in [0.1, 0.15) is 5.82 Å². The number of halogens is 2. The summed E-state index contributed by atoms with van der Waals surface area (Å²) < 4.78 is 13.3. The summed E-state index contributed by atoms with van der Waals surface area (Å²) in [6.45, 7) is 2.48. The predicted molar refractivity (Wildman–Crippen MR) is 81.7 cm³/mol. The molecule has 0 saturated heterocycles. The molecule has 0 aliphatic carbocycles. The number of carboxylic acid groups (broad SMARTS) is 1. The van der Waals surface area contributed by atoms with Gasteiger partial charge < -0.3 is 10.4 Å². The van der Waals surface area contributed by atoms with Crippen LogP contribution < -0.4 is 5.32 Å². The summed E-state index contributed by atoms with van der Waals surface area (Å²) in [5.74, 6) is -1.19. The fourth-order valence-corrected chi connectivity index (χ4v) is 2.39. The van der Waals surface area contributed by atoms with Crippen molar-refractivity contribution in [3.63, 3.8) is 0 Å². The number of nitrogens with one attached hydrogen (secondary N) is 1. The summed E-state index contributed by atoms with van der Waals surface area (Å²) in [4.78, 5) is 22.4. The van der Waals surface area contributed by atoms with E-state index in [0.29, 0.717) is 18.5 Å². The third-order valence-corrected chi connectivity index (χ3v) is 3.97. The Balaban J connectivity index is 2.41. The van der Waals surface area contributed by atoms with Crippen LogP contribution in [-0.2, 0) is 4.79 Å². The van der Waals surface area contributed by atoms with E-state index < -0.39 is 11.8 Å². The Morgan fingerprint density at radius 1 is 1.38 bits per heavy atom. The number of hydrogen-bond acceptors (Lipinski definition) is 2. The van der Waals surface area contributed by atoms with E-state index in [-0.39, 0.29) is 22.7 Å². The summed E-state index contributed by atoms with van der Waals surface area (Å²) in [7, 11) is 0. The molecule has 0 fully saturated rings. The summed E-state index contributed by atoms with van der Waals surface area (Å²) >= 11 is 3.04. The molecule has 21 heavy (non-hydrogen) atoms. The van der Waals surface area contributed by atoms with Crippen molar-refractivity contribution >= 4 is 27.8 Å². The molecule has 6 heteroatoms. The summed E-state index contributed by atoms with van der Waals surface area (Å²) in [6.07, 6.45) is 2.38. The molecule has 0 spiro atoms. The van der Waals surface area contributed by atoms with E-state index in [9.17, 15) is 14.0 Å². The number of carboxylic acids is 1. The lowest BCUT2D eigenvalue weighted by molar-refractivity contribution is -0.137. The van der Waals surface area contributed by atoms with Crippen molar-refractivity contribution in [1.82, 2.24) is 5.32 Å². The van der Waals surface area contributed by atoms with Gasteiger partial charge in [-0.3, -0.25) is 9.59 Å². The number of carbonyl (C=O) groups excluding carboxylic acids is 1. The van der Waals surface area contributed by atoms with E-state index in [1.165, 1.54) is 18.2 Å². The van der Waals surface area contributed by atoms with E-state index in [4.69, 9.17) is 5.11 Å². The highest BCUT2D eigenvalue weighted by Crippen LogP contribution is 2.17. The smallest absolute Gasteiger partial charge is 0.303 e. The molecule has 2 N–H and O–H groups in total. The zero-order valence-electron chi connectivity index (χ0n) is 11.9. The van der Waals surface area contributed by atoms with Gasteiger partial charge in [0, 0.05) is 18.5 Å². The quantitative estimate of drug-likeness (QED) is 0.745. The Morgan fingerprint density at radius 2 is 2.10 bits per heavy atom. The standard InChI is InChI=1S/C15H19BrFNO3/c1-2-10(3-6-14(19)20)7-8-18-15(21)11-4-5-13(17)12(16)9-11/h4-5,9-10H,2-3,6-8H2,1H3,(H,18,21)(H,19,20). The fourth-order valence-electron chi connectivity index (χ4n) is 2.01.